The van der Waals surface area contributed by atoms with Crippen LogP contribution in [-0.4, -0.2) is 64.7 Å². The van der Waals surface area contributed by atoms with Crippen molar-refractivity contribution in [1.82, 2.24) is 19.4 Å². The molecule has 0 spiro atoms. The Kier molecular flexibility index (Phi) is 8.57. The van der Waals surface area contributed by atoms with Gasteiger partial charge < -0.3 is 14.2 Å². The van der Waals surface area contributed by atoms with Crippen LogP contribution in [0.4, 0.5) is 0 Å². The van der Waals surface area contributed by atoms with Crippen molar-refractivity contribution in [1.29, 1.82) is 0 Å². The summed E-state index contributed by atoms with van der Waals surface area (Å²) in [4.78, 5) is 21.7. The first kappa shape index (κ1) is 23.1. The molecule has 0 unspecified atom stereocenters. The van der Waals surface area contributed by atoms with Gasteiger partial charge in [0.25, 0.3) is 0 Å². The van der Waals surface area contributed by atoms with Crippen LogP contribution < -0.4 is 0 Å². The van der Waals surface area contributed by atoms with E-state index in [4.69, 9.17) is 27.9 Å². The van der Waals surface area contributed by atoms with Gasteiger partial charge in [0, 0.05) is 55.0 Å². The molecule has 2 aromatic rings. The zero-order valence-electron chi connectivity index (χ0n) is 17.7. The molecule has 1 aliphatic heterocycles. The van der Waals surface area contributed by atoms with Crippen LogP contribution in [0.25, 0.3) is 0 Å². The van der Waals surface area contributed by atoms with E-state index in [9.17, 15) is 4.79 Å². The number of nitrogens with zero attached hydrogens (tertiary/aromatic N) is 4. The standard InChI is InChI=1S/C22H30Cl2N4O2/c1-17(2)13-22(29)28(8-7-26-9-11-30-12-10-26)16-21-25-5-6-27(21)15-18-3-4-19(23)14-20(18)24/h3-6,14,17H,7-13,15-16H2,1-2H3. The molecule has 0 atom stereocenters. The zero-order chi connectivity index (χ0) is 21.5. The number of benzene rings is 1. The first-order valence-corrected chi connectivity index (χ1v) is 11.2. The van der Waals surface area contributed by atoms with Crippen LogP contribution in [0.5, 0.6) is 0 Å². The topological polar surface area (TPSA) is 50.6 Å². The first-order valence-electron chi connectivity index (χ1n) is 10.4. The predicted octanol–water partition coefficient (Wildman–Crippen LogP) is 3.95. The minimum absolute atomic E-state index is 0.164. The van der Waals surface area contributed by atoms with E-state index in [0.717, 1.165) is 44.2 Å². The Morgan fingerprint density at radius 1 is 1.27 bits per heavy atom. The Morgan fingerprint density at radius 2 is 2.03 bits per heavy atom. The average Bonchev–Trinajstić information content (AvgIpc) is 3.14. The van der Waals surface area contributed by atoms with Gasteiger partial charge in [-0.2, -0.15) is 0 Å². The van der Waals surface area contributed by atoms with Crippen LogP contribution in [0, 0.1) is 5.92 Å². The quantitative estimate of drug-likeness (QED) is 0.577. The molecule has 8 heteroatoms. The second-order valence-electron chi connectivity index (χ2n) is 8.07. The number of hydrogen-bond donors (Lipinski definition) is 0. The molecule has 6 nitrogen and oxygen atoms in total. The normalized spacial score (nSPS) is 15.0. The van der Waals surface area contributed by atoms with Gasteiger partial charge in [-0.15, -0.1) is 0 Å². The number of morpholine rings is 1. The number of imidazole rings is 1. The third-order valence-electron chi connectivity index (χ3n) is 5.22. The number of rotatable bonds is 9. The van der Waals surface area contributed by atoms with Gasteiger partial charge in [-0.3, -0.25) is 9.69 Å². The maximum atomic E-state index is 12.9. The van der Waals surface area contributed by atoms with Crippen LogP contribution in [0.15, 0.2) is 30.6 Å². The van der Waals surface area contributed by atoms with E-state index in [0.29, 0.717) is 42.0 Å². The van der Waals surface area contributed by atoms with Crippen molar-refractivity contribution in [2.45, 2.75) is 33.4 Å². The Labute approximate surface area is 188 Å². The lowest BCUT2D eigenvalue weighted by Gasteiger charge is -2.30. The molecule has 0 radical (unpaired) electrons. The number of halogens is 2. The summed E-state index contributed by atoms with van der Waals surface area (Å²) in [6, 6.07) is 5.50. The Hall–Kier alpha value is -1.60. The molecule has 1 aliphatic rings. The van der Waals surface area contributed by atoms with E-state index in [1.54, 1.807) is 12.3 Å². The van der Waals surface area contributed by atoms with E-state index in [1.165, 1.54) is 0 Å². The molecule has 0 saturated carbocycles. The number of carbonyl (C=O) groups excluding carboxylic acids is 1. The molecule has 2 heterocycles. The van der Waals surface area contributed by atoms with Gasteiger partial charge in [0.2, 0.25) is 5.91 Å². The van der Waals surface area contributed by atoms with Crippen LogP contribution in [0.2, 0.25) is 10.0 Å². The molecule has 0 bridgehead atoms. The zero-order valence-corrected chi connectivity index (χ0v) is 19.2. The van der Waals surface area contributed by atoms with Gasteiger partial charge in [0.15, 0.2) is 0 Å². The summed E-state index contributed by atoms with van der Waals surface area (Å²) in [7, 11) is 0. The van der Waals surface area contributed by atoms with Crippen molar-refractivity contribution in [2.24, 2.45) is 5.92 Å². The van der Waals surface area contributed by atoms with E-state index >= 15 is 0 Å². The lowest BCUT2D eigenvalue weighted by atomic mass is 10.1. The van der Waals surface area contributed by atoms with E-state index in [-0.39, 0.29) is 5.91 Å². The summed E-state index contributed by atoms with van der Waals surface area (Å²) < 4.78 is 7.47. The fourth-order valence-electron chi connectivity index (χ4n) is 3.50. The Balaban J connectivity index is 1.70. The fourth-order valence-corrected chi connectivity index (χ4v) is 3.97. The fraction of sp³-hybridized carbons (Fsp3) is 0.545. The highest BCUT2D eigenvalue weighted by molar-refractivity contribution is 6.35. The highest BCUT2D eigenvalue weighted by Crippen LogP contribution is 2.22. The number of ether oxygens (including phenoxy) is 1. The molecule has 0 aliphatic carbocycles. The molecule has 1 amide bonds. The Bertz CT molecular complexity index is 834. The summed E-state index contributed by atoms with van der Waals surface area (Å²) in [6.45, 7) is 10.1. The van der Waals surface area contributed by atoms with Crippen LogP contribution in [0.3, 0.4) is 0 Å². The van der Waals surface area contributed by atoms with Crippen molar-refractivity contribution in [3.63, 3.8) is 0 Å². The van der Waals surface area contributed by atoms with Crippen molar-refractivity contribution in [3.05, 3.63) is 52.0 Å². The van der Waals surface area contributed by atoms with Crippen LogP contribution >= 0.6 is 23.2 Å². The third kappa shape index (κ3) is 6.71. The van der Waals surface area contributed by atoms with Crippen molar-refractivity contribution in [3.8, 4) is 0 Å². The van der Waals surface area contributed by atoms with Gasteiger partial charge >= 0.3 is 0 Å². The number of carbonyl (C=O) groups is 1. The third-order valence-corrected chi connectivity index (χ3v) is 5.80. The monoisotopic (exact) mass is 452 g/mol. The number of hydrogen-bond acceptors (Lipinski definition) is 4. The summed E-state index contributed by atoms with van der Waals surface area (Å²) in [5.74, 6) is 1.33. The lowest BCUT2D eigenvalue weighted by Crippen LogP contribution is -2.43. The Morgan fingerprint density at radius 3 is 2.73 bits per heavy atom. The second-order valence-corrected chi connectivity index (χ2v) is 8.92. The predicted molar refractivity (Wildman–Crippen MR) is 120 cm³/mol. The van der Waals surface area contributed by atoms with Crippen LogP contribution in [-0.2, 0) is 22.6 Å². The molecule has 164 valence electrons. The van der Waals surface area contributed by atoms with Gasteiger partial charge in [-0.25, -0.2) is 4.98 Å². The minimum Gasteiger partial charge on any atom is -0.379 e. The van der Waals surface area contributed by atoms with Crippen molar-refractivity contribution < 1.29 is 9.53 Å². The van der Waals surface area contributed by atoms with Crippen molar-refractivity contribution >= 4 is 29.1 Å². The maximum absolute atomic E-state index is 12.9. The molecular weight excluding hydrogens is 423 g/mol. The van der Waals surface area contributed by atoms with Crippen molar-refractivity contribution in [2.75, 3.05) is 39.4 Å². The van der Waals surface area contributed by atoms with E-state index in [1.807, 2.05) is 27.8 Å². The molecule has 30 heavy (non-hydrogen) atoms. The van der Waals surface area contributed by atoms with Gasteiger partial charge in [0.1, 0.15) is 5.82 Å². The van der Waals surface area contributed by atoms with Gasteiger partial charge in [-0.05, 0) is 23.6 Å². The summed E-state index contributed by atoms with van der Waals surface area (Å²) in [6.07, 6.45) is 4.23. The van der Waals surface area contributed by atoms with Gasteiger partial charge in [-0.1, -0.05) is 43.1 Å². The van der Waals surface area contributed by atoms with Crippen LogP contribution in [0.1, 0.15) is 31.7 Å². The average molecular weight is 453 g/mol. The molecule has 1 saturated heterocycles. The van der Waals surface area contributed by atoms with E-state index < -0.39 is 0 Å². The first-order chi connectivity index (χ1) is 14.4. The lowest BCUT2D eigenvalue weighted by molar-refractivity contribution is -0.133. The maximum Gasteiger partial charge on any atom is 0.223 e. The minimum atomic E-state index is 0.164. The smallest absolute Gasteiger partial charge is 0.223 e. The summed E-state index contributed by atoms with van der Waals surface area (Å²) >= 11 is 12.4. The van der Waals surface area contributed by atoms with Gasteiger partial charge in [0.05, 0.1) is 26.3 Å². The largest absolute Gasteiger partial charge is 0.379 e. The number of aromatic nitrogens is 2. The molecule has 3 rings (SSSR count). The summed E-state index contributed by atoms with van der Waals surface area (Å²) in [5.41, 5.74) is 0.966. The molecule has 0 N–H and O–H groups in total. The highest BCUT2D eigenvalue weighted by Gasteiger charge is 2.20. The molecular formula is C22H30Cl2N4O2. The molecule has 1 aromatic carbocycles. The summed E-state index contributed by atoms with van der Waals surface area (Å²) in [5, 5.41) is 1.24. The SMILES string of the molecule is CC(C)CC(=O)N(CCN1CCOCC1)Cc1nccn1Cc1ccc(Cl)cc1Cl. The number of amides is 1. The molecule has 1 fully saturated rings. The van der Waals surface area contributed by atoms with E-state index in [2.05, 4.69) is 23.7 Å². The highest BCUT2D eigenvalue weighted by atomic mass is 35.5. The second kappa shape index (κ2) is 11.1. The molecule has 1 aromatic heterocycles.